The molecule has 5 heteroatoms. The first-order valence-corrected chi connectivity index (χ1v) is 5.82. The molecule has 1 aliphatic heterocycles. The minimum atomic E-state index is -0.961. The van der Waals surface area contributed by atoms with Crippen molar-refractivity contribution in [2.24, 2.45) is 0 Å². The van der Waals surface area contributed by atoms with Crippen LogP contribution in [0.1, 0.15) is 29.6 Å². The van der Waals surface area contributed by atoms with Crippen LogP contribution in [0, 0.1) is 0 Å². The third-order valence-corrected chi connectivity index (χ3v) is 2.95. The average molecular weight is 235 g/mol. The van der Waals surface area contributed by atoms with Gasteiger partial charge in [0.2, 0.25) is 0 Å². The van der Waals surface area contributed by atoms with Crippen molar-refractivity contribution in [3.63, 3.8) is 0 Å². The fourth-order valence-electron chi connectivity index (χ4n) is 2.04. The van der Waals surface area contributed by atoms with Gasteiger partial charge in [-0.25, -0.2) is 9.80 Å². The summed E-state index contributed by atoms with van der Waals surface area (Å²) < 4.78 is 0. The number of hydrogen-bond acceptors (Lipinski definition) is 4. The van der Waals surface area contributed by atoms with E-state index in [-0.39, 0.29) is 5.56 Å². The molecule has 1 aromatic carbocycles. The van der Waals surface area contributed by atoms with Gasteiger partial charge in [0.05, 0.1) is 16.9 Å². The van der Waals surface area contributed by atoms with Crippen molar-refractivity contribution in [2.45, 2.75) is 19.3 Å². The number of aromatic carboxylic acids is 1. The van der Waals surface area contributed by atoms with Gasteiger partial charge in [0.25, 0.3) is 0 Å². The van der Waals surface area contributed by atoms with Crippen molar-refractivity contribution < 1.29 is 9.90 Å². The highest BCUT2D eigenvalue weighted by Crippen LogP contribution is 2.25. The second-order valence-corrected chi connectivity index (χ2v) is 4.23. The number of benzene rings is 1. The highest BCUT2D eigenvalue weighted by molar-refractivity contribution is 5.97. The first kappa shape index (κ1) is 11.7. The lowest BCUT2D eigenvalue weighted by Gasteiger charge is -2.29. The minimum absolute atomic E-state index is 0.218. The number of anilines is 2. The number of hydrogen-bond donors (Lipinski definition) is 3. The van der Waals surface area contributed by atoms with Gasteiger partial charge in [-0.15, -0.1) is 0 Å². The molecule has 1 saturated heterocycles. The lowest BCUT2D eigenvalue weighted by molar-refractivity contribution is 0.0697. The van der Waals surface area contributed by atoms with E-state index in [1.807, 2.05) is 5.01 Å². The molecule has 0 radical (unpaired) electrons. The molecule has 5 nitrogen and oxygen atoms in total. The Kier molecular flexibility index (Phi) is 3.49. The maximum atomic E-state index is 11.1. The van der Waals surface area contributed by atoms with E-state index in [9.17, 15) is 4.79 Å². The fraction of sp³-hybridized carbons (Fsp3) is 0.417. The molecule has 1 aliphatic rings. The molecule has 0 atom stereocenters. The summed E-state index contributed by atoms with van der Waals surface area (Å²) in [6, 6.07) is 4.92. The number of piperidine rings is 1. The summed E-state index contributed by atoms with van der Waals surface area (Å²) in [4.78, 5) is 11.1. The smallest absolute Gasteiger partial charge is 0.337 e. The van der Waals surface area contributed by atoms with Crippen molar-refractivity contribution in [2.75, 3.05) is 24.2 Å². The first-order chi connectivity index (χ1) is 8.18. The monoisotopic (exact) mass is 235 g/mol. The predicted octanol–water partition coefficient (Wildman–Crippen LogP) is 1.78. The number of carboxylic acid groups (broad SMARTS) is 1. The van der Waals surface area contributed by atoms with Gasteiger partial charge in [-0.3, -0.25) is 0 Å². The van der Waals surface area contributed by atoms with E-state index < -0.39 is 5.97 Å². The molecule has 0 aliphatic carbocycles. The molecule has 1 fully saturated rings. The standard InChI is InChI=1S/C12H17N3O2/c13-10-6-4-5-9(12(16)17)11(10)14-15-7-2-1-3-8-15/h4-6,14H,1-3,7-8,13H2,(H,16,17). The van der Waals surface area contributed by atoms with Crippen LogP contribution in [-0.4, -0.2) is 29.2 Å². The van der Waals surface area contributed by atoms with Crippen LogP contribution in [0.5, 0.6) is 0 Å². The van der Waals surface area contributed by atoms with Crippen LogP contribution in [0.15, 0.2) is 18.2 Å². The number of rotatable bonds is 3. The highest BCUT2D eigenvalue weighted by atomic mass is 16.4. The number of carboxylic acids is 1. The van der Waals surface area contributed by atoms with E-state index in [0.29, 0.717) is 11.4 Å². The van der Waals surface area contributed by atoms with Crippen LogP contribution in [-0.2, 0) is 0 Å². The van der Waals surface area contributed by atoms with E-state index in [1.165, 1.54) is 6.42 Å². The topological polar surface area (TPSA) is 78.6 Å². The Morgan fingerprint density at radius 3 is 2.65 bits per heavy atom. The molecular formula is C12H17N3O2. The molecule has 0 unspecified atom stereocenters. The number of nitrogens with one attached hydrogen (secondary N) is 1. The van der Waals surface area contributed by atoms with Crippen molar-refractivity contribution in [1.82, 2.24) is 5.01 Å². The normalized spacial score (nSPS) is 16.7. The van der Waals surface area contributed by atoms with E-state index in [1.54, 1.807) is 18.2 Å². The van der Waals surface area contributed by atoms with Gasteiger partial charge in [-0.1, -0.05) is 12.5 Å². The number of nitrogens with two attached hydrogens (primary N) is 1. The molecule has 4 N–H and O–H groups in total. The van der Waals surface area contributed by atoms with Gasteiger partial charge in [-0.2, -0.15) is 0 Å². The quantitative estimate of drug-likeness (QED) is 0.696. The summed E-state index contributed by atoms with van der Waals surface area (Å²) in [5.74, 6) is -0.961. The Labute approximate surface area is 100 Å². The summed E-state index contributed by atoms with van der Waals surface area (Å²) in [7, 11) is 0. The molecule has 2 rings (SSSR count). The van der Waals surface area contributed by atoms with Crippen molar-refractivity contribution in [1.29, 1.82) is 0 Å². The van der Waals surface area contributed by atoms with Crippen molar-refractivity contribution >= 4 is 17.3 Å². The third-order valence-electron chi connectivity index (χ3n) is 2.95. The Morgan fingerprint density at radius 1 is 1.29 bits per heavy atom. The maximum Gasteiger partial charge on any atom is 0.337 e. The number of nitrogen functional groups attached to an aromatic ring is 1. The van der Waals surface area contributed by atoms with Crippen LogP contribution in [0.4, 0.5) is 11.4 Å². The zero-order valence-electron chi connectivity index (χ0n) is 9.65. The van der Waals surface area contributed by atoms with Crippen LogP contribution < -0.4 is 11.2 Å². The Balaban J connectivity index is 2.21. The number of nitrogens with zero attached hydrogens (tertiary/aromatic N) is 1. The number of para-hydroxylation sites is 1. The molecule has 0 saturated carbocycles. The summed E-state index contributed by atoms with van der Waals surface area (Å²) in [6.07, 6.45) is 3.48. The summed E-state index contributed by atoms with van der Waals surface area (Å²) in [5, 5.41) is 11.1. The van der Waals surface area contributed by atoms with Gasteiger partial charge in [0.15, 0.2) is 0 Å². The van der Waals surface area contributed by atoms with Gasteiger partial charge in [0, 0.05) is 13.1 Å². The van der Waals surface area contributed by atoms with Crippen LogP contribution >= 0.6 is 0 Å². The molecule has 1 aromatic rings. The lowest BCUT2D eigenvalue weighted by atomic mass is 10.1. The van der Waals surface area contributed by atoms with Crippen molar-refractivity contribution in [3.05, 3.63) is 23.8 Å². The number of carbonyl (C=O) groups is 1. The van der Waals surface area contributed by atoms with E-state index in [4.69, 9.17) is 10.8 Å². The first-order valence-electron chi connectivity index (χ1n) is 5.82. The molecule has 0 aromatic heterocycles. The molecule has 1 heterocycles. The van der Waals surface area contributed by atoms with Crippen LogP contribution in [0.2, 0.25) is 0 Å². The summed E-state index contributed by atoms with van der Waals surface area (Å²) in [6.45, 7) is 1.85. The molecule has 92 valence electrons. The lowest BCUT2D eigenvalue weighted by Crippen LogP contribution is -2.35. The van der Waals surface area contributed by atoms with Gasteiger partial charge < -0.3 is 16.3 Å². The largest absolute Gasteiger partial charge is 0.478 e. The maximum absolute atomic E-state index is 11.1. The van der Waals surface area contributed by atoms with E-state index >= 15 is 0 Å². The Bertz CT molecular complexity index is 414. The molecule has 0 amide bonds. The molecule has 0 bridgehead atoms. The average Bonchev–Trinajstić information content (AvgIpc) is 2.33. The molecular weight excluding hydrogens is 218 g/mol. The Hall–Kier alpha value is -1.75. The van der Waals surface area contributed by atoms with Crippen LogP contribution in [0.3, 0.4) is 0 Å². The van der Waals surface area contributed by atoms with Gasteiger partial charge in [0.1, 0.15) is 0 Å². The SMILES string of the molecule is Nc1cccc(C(=O)O)c1NN1CCCCC1. The zero-order chi connectivity index (χ0) is 12.3. The highest BCUT2D eigenvalue weighted by Gasteiger charge is 2.16. The van der Waals surface area contributed by atoms with Crippen molar-refractivity contribution in [3.8, 4) is 0 Å². The molecule has 0 spiro atoms. The molecule has 17 heavy (non-hydrogen) atoms. The fourth-order valence-corrected chi connectivity index (χ4v) is 2.04. The third kappa shape index (κ3) is 2.68. The van der Waals surface area contributed by atoms with Gasteiger partial charge in [-0.05, 0) is 25.0 Å². The Morgan fingerprint density at radius 2 is 2.00 bits per heavy atom. The summed E-state index contributed by atoms with van der Waals surface area (Å²) in [5.41, 5.74) is 10.1. The van der Waals surface area contributed by atoms with Crippen LogP contribution in [0.25, 0.3) is 0 Å². The second-order valence-electron chi connectivity index (χ2n) is 4.23. The van der Waals surface area contributed by atoms with E-state index in [2.05, 4.69) is 5.43 Å². The zero-order valence-corrected chi connectivity index (χ0v) is 9.65. The number of hydrazine groups is 1. The second kappa shape index (κ2) is 5.05. The summed E-state index contributed by atoms with van der Waals surface area (Å²) >= 11 is 0. The van der Waals surface area contributed by atoms with Gasteiger partial charge >= 0.3 is 5.97 Å². The minimum Gasteiger partial charge on any atom is -0.478 e. The van der Waals surface area contributed by atoms with E-state index in [0.717, 1.165) is 25.9 Å². The predicted molar refractivity (Wildman–Crippen MR) is 66.9 cm³/mol.